The number of fused-ring (bicyclic) bond motifs is 1. The Kier molecular flexibility index (Phi) is 3.67. The third-order valence-corrected chi connectivity index (χ3v) is 3.96. The van der Waals surface area contributed by atoms with Crippen molar-refractivity contribution in [1.29, 1.82) is 0 Å². The number of carbonyl (C=O) groups excluding carboxylic acids is 1. The van der Waals surface area contributed by atoms with Gasteiger partial charge in [-0.05, 0) is 24.3 Å². The van der Waals surface area contributed by atoms with Gasteiger partial charge in [0, 0.05) is 22.3 Å². The summed E-state index contributed by atoms with van der Waals surface area (Å²) in [6.07, 6.45) is 0. The second-order valence-corrected chi connectivity index (χ2v) is 5.70. The number of anilines is 2. The van der Waals surface area contributed by atoms with Gasteiger partial charge in [0.1, 0.15) is 5.69 Å². The summed E-state index contributed by atoms with van der Waals surface area (Å²) in [4.78, 5) is 12.7. The van der Waals surface area contributed by atoms with Crippen molar-refractivity contribution in [2.75, 3.05) is 11.1 Å². The normalized spacial score (nSPS) is 10.7. The van der Waals surface area contributed by atoms with Crippen molar-refractivity contribution < 1.29 is 4.79 Å². The lowest BCUT2D eigenvalue weighted by atomic mass is 10.1. The summed E-state index contributed by atoms with van der Waals surface area (Å²) in [6.45, 7) is 0. The number of nitrogen functional groups attached to an aromatic ring is 1. The molecule has 0 aliphatic heterocycles. The Bertz CT molecular complexity index is 1050. The predicted octanol–water partition coefficient (Wildman–Crippen LogP) is 4.37. The molecule has 0 fully saturated rings. The van der Waals surface area contributed by atoms with Crippen LogP contribution in [0.25, 0.3) is 22.2 Å². The van der Waals surface area contributed by atoms with E-state index in [4.69, 9.17) is 5.73 Å². The molecule has 3 aromatic carbocycles. The Morgan fingerprint density at radius 2 is 1.68 bits per heavy atom. The van der Waals surface area contributed by atoms with Crippen molar-refractivity contribution in [3.8, 4) is 11.3 Å². The zero-order valence-corrected chi connectivity index (χ0v) is 13.4. The van der Waals surface area contributed by atoms with Gasteiger partial charge in [0.15, 0.2) is 0 Å². The van der Waals surface area contributed by atoms with Crippen molar-refractivity contribution in [3.05, 3.63) is 78.9 Å². The Labute approximate surface area is 144 Å². The van der Waals surface area contributed by atoms with Crippen LogP contribution in [-0.2, 0) is 0 Å². The fraction of sp³-hybridized carbons (Fsp3) is 0. The highest BCUT2D eigenvalue weighted by molar-refractivity contribution is 6.02. The number of para-hydroxylation sites is 1. The number of nitrogens with two attached hydrogens (primary N) is 1. The van der Waals surface area contributed by atoms with E-state index in [0.717, 1.165) is 22.2 Å². The molecule has 1 amide bonds. The Morgan fingerprint density at radius 3 is 2.48 bits per heavy atom. The molecule has 25 heavy (non-hydrogen) atoms. The van der Waals surface area contributed by atoms with Crippen LogP contribution in [-0.4, -0.2) is 15.8 Å². The largest absolute Gasteiger partial charge is 0.399 e. The molecule has 5 nitrogen and oxygen atoms in total. The minimum Gasteiger partial charge on any atom is -0.399 e. The van der Waals surface area contributed by atoms with Crippen LogP contribution in [0.3, 0.4) is 0 Å². The van der Waals surface area contributed by atoms with Crippen LogP contribution in [0.5, 0.6) is 0 Å². The molecule has 122 valence electrons. The monoisotopic (exact) mass is 328 g/mol. The number of amides is 1. The van der Waals surface area contributed by atoms with Gasteiger partial charge in [-0.3, -0.25) is 0 Å². The van der Waals surface area contributed by atoms with Crippen LogP contribution in [0.15, 0.2) is 78.9 Å². The first-order valence-electron chi connectivity index (χ1n) is 7.92. The van der Waals surface area contributed by atoms with Crippen LogP contribution >= 0.6 is 0 Å². The SMILES string of the molecule is Nc1cccc(NC(=O)n2nc(-c3ccccc3)c3ccccc32)c1. The molecule has 0 unspecified atom stereocenters. The molecule has 4 aromatic rings. The number of rotatable bonds is 2. The van der Waals surface area contributed by atoms with Gasteiger partial charge in [0.25, 0.3) is 0 Å². The topological polar surface area (TPSA) is 72.9 Å². The highest BCUT2D eigenvalue weighted by atomic mass is 16.2. The highest BCUT2D eigenvalue weighted by Crippen LogP contribution is 2.27. The Morgan fingerprint density at radius 1 is 0.920 bits per heavy atom. The van der Waals surface area contributed by atoms with Crippen molar-refractivity contribution in [1.82, 2.24) is 9.78 Å². The van der Waals surface area contributed by atoms with Crippen molar-refractivity contribution >= 4 is 28.3 Å². The maximum atomic E-state index is 12.7. The molecule has 0 saturated carbocycles. The fourth-order valence-corrected chi connectivity index (χ4v) is 2.82. The number of hydrogen-bond donors (Lipinski definition) is 2. The molecule has 0 spiro atoms. The van der Waals surface area contributed by atoms with E-state index in [2.05, 4.69) is 10.4 Å². The van der Waals surface area contributed by atoms with Crippen molar-refractivity contribution in [2.45, 2.75) is 0 Å². The molecule has 4 rings (SSSR count). The number of nitrogens with zero attached hydrogens (tertiary/aromatic N) is 2. The maximum absolute atomic E-state index is 12.7. The van der Waals surface area contributed by atoms with E-state index in [1.165, 1.54) is 4.68 Å². The quantitative estimate of drug-likeness (QED) is 0.537. The third-order valence-electron chi connectivity index (χ3n) is 3.96. The van der Waals surface area contributed by atoms with Gasteiger partial charge in [-0.25, -0.2) is 4.79 Å². The van der Waals surface area contributed by atoms with E-state index >= 15 is 0 Å². The Balaban J connectivity index is 1.78. The molecule has 5 heteroatoms. The zero-order valence-electron chi connectivity index (χ0n) is 13.4. The smallest absolute Gasteiger partial charge is 0.347 e. The van der Waals surface area contributed by atoms with Gasteiger partial charge >= 0.3 is 6.03 Å². The molecule has 0 aliphatic rings. The molecule has 1 heterocycles. The van der Waals surface area contributed by atoms with Gasteiger partial charge in [-0.15, -0.1) is 0 Å². The maximum Gasteiger partial charge on any atom is 0.347 e. The lowest BCUT2D eigenvalue weighted by Crippen LogP contribution is -2.20. The molecular weight excluding hydrogens is 312 g/mol. The molecule has 0 saturated heterocycles. The summed E-state index contributed by atoms with van der Waals surface area (Å²) in [5.41, 5.74) is 9.49. The van der Waals surface area contributed by atoms with E-state index in [1.807, 2.05) is 54.6 Å². The van der Waals surface area contributed by atoms with E-state index in [1.54, 1.807) is 24.3 Å². The van der Waals surface area contributed by atoms with Gasteiger partial charge < -0.3 is 11.1 Å². The van der Waals surface area contributed by atoms with Gasteiger partial charge in [0.2, 0.25) is 0 Å². The highest BCUT2D eigenvalue weighted by Gasteiger charge is 2.16. The van der Waals surface area contributed by atoms with Gasteiger partial charge in [0.05, 0.1) is 5.52 Å². The number of nitrogens with one attached hydrogen (secondary N) is 1. The first-order chi connectivity index (χ1) is 12.2. The van der Waals surface area contributed by atoms with Crippen molar-refractivity contribution in [3.63, 3.8) is 0 Å². The molecule has 0 atom stereocenters. The minimum absolute atomic E-state index is 0.330. The molecule has 3 N–H and O–H groups in total. The molecule has 1 aromatic heterocycles. The second-order valence-electron chi connectivity index (χ2n) is 5.70. The van der Waals surface area contributed by atoms with E-state index in [0.29, 0.717) is 11.4 Å². The van der Waals surface area contributed by atoms with E-state index < -0.39 is 0 Å². The van der Waals surface area contributed by atoms with E-state index in [-0.39, 0.29) is 6.03 Å². The van der Waals surface area contributed by atoms with Crippen LogP contribution in [0.4, 0.5) is 16.2 Å². The molecule has 0 aliphatic carbocycles. The summed E-state index contributed by atoms with van der Waals surface area (Å²) >= 11 is 0. The lowest BCUT2D eigenvalue weighted by molar-refractivity contribution is 0.252. The summed E-state index contributed by atoms with van der Waals surface area (Å²) in [7, 11) is 0. The van der Waals surface area contributed by atoms with Gasteiger partial charge in [-0.1, -0.05) is 54.6 Å². The average Bonchev–Trinajstić information content (AvgIpc) is 3.02. The average molecular weight is 328 g/mol. The van der Waals surface area contributed by atoms with Gasteiger partial charge in [-0.2, -0.15) is 9.78 Å². The lowest BCUT2D eigenvalue weighted by Gasteiger charge is -2.06. The molecule has 0 radical (unpaired) electrons. The Hall–Kier alpha value is -3.60. The summed E-state index contributed by atoms with van der Waals surface area (Å²) in [5.74, 6) is 0. The van der Waals surface area contributed by atoms with Crippen LogP contribution in [0, 0.1) is 0 Å². The fourth-order valence-electron chi connectivity index (χ4n) is 2.82. The number of aromatic nitrogens is 2. The van der Waals surface area contributed by atoms with Crippen molar-refractivity contribution in [2.24, 2.45) is 0 Å². The number of carbonyl (C=O) groups is 1. The third kappa shape index (κ3) is 2.83. The molecule has 0 bridgehead atoms. The summed E-state index contributed by atoms with van der Waals surface area (Å²) in [6, 6.07) is 24.2. The predicted molar refractivity (Wildman–Crippen MR) is 100 cm³/mol. The first-order valence-corrected chi connectivity index (χ1v) is 7.92. The van der Waals surface area contributed by atoms with Crippen LogP contribution in [0.1, 0.15) is 0 Å². The second kappa shape index (κ2) is 6.13. The number of benzene rings is 3. The molecular formula is C20H16N4O. The van der Waals surface area contributed by atoms with Crippen LogP contribution < -0.4 is 11.1 Å². The zero-order chi connectivity index (χ0) is 17.2. The standard InChI is InChI=1S/C20H16N4O/c21-15-9-6-10-16(13-15)22-20(25)24-18-12-5-4-11-17(18)19(23-24)14-7-2-1-3-8-14/h1-13H,21H2,(H,22,25). The summed E-state index contributed by atoms with van der Waals surface area (Å²) in [5, 5.41) is 8.32. The first kappa shape index (κ1) is 15.0. The van der Waals surface area contributed by atoms with E-state index in [9.17, 15) is 4.79 Å². The summed E-state index contributed by atoms with van der Waals surface area (Å²) < 4.78 is 1.39. The van der Waals surface area contributed by atoms with Crippen LogP contribution in [0.2, 0.25) is 0 Å². The minimum atomic E-state index is -0.330. The number of hydrogen-bond acceptors (Lipinski definition) is 3.